The van der Waals surface area contributed by atoms with Gasteiger partial charge in [-0.1, -0.05) is 182 Å². The van der Waals surface area contributed by atoms with E-state index in [0.29, 0.717) is 0 Å². The minimum absolute atomic E-state index is 1.12. The number of para-hydroxylation sites is 2. The SMILES string of the molecule is c1ccc(-c2cc(-c3ccccc3)c3c4ccc(-c5ccc(N(c6ccccc6)c6ccccc6)cc5)cc4c4ccccc4c3c2-c2ccc3ccccc3c2)cc1. The van der Waals surface area contributed by atoms with E-state index in [9.17, 15) is 0 Å². The predicted molar refractivity (Wildman–Crippen MR) is 253 cm³/mol. The largest absolute Gasteiger partial charge is 0.311 e. The summed E-state index contributed by atoms with van der Waals surface area (Å²) in [6.45, 7) is 0. The Kier molecular flexibility index (Phi) is 8.56. The van der Waals surface area contributed by atoms with Gasteiger partial charge in [-0.25, -0.2) is 0 Å². The van der Waals surface area contributed by atoms with Crippen molar-refractivity contribution >= 4 is 60.2 Å². The quantitative estimate of drug-likeness (QED) is 0.147. The van der Waals surface area contributed by atoms with Crippen LogP contribution in [0.25, 0.3) is 87.6 Å². The van der Waals surface area contributed by atoms with Crippen LogP contribution in [0.15, 0.2) is 237 Å². The fourth-order valence-electron chi connectivity index (χ4n) is 9.07. The average Bonchev–Trinajstić information content (AvgIpc) is 3.32. The molecule has 11 rings (SSSR count). The summed E-state index contributed by atoms with van der Waals surface area (Å²) >= 11 is 0. The Balaban J connectivity index is 1.17. The highest BCUT2D eigenvalue weighted by atomic mass is 15.1. The van der Waals surface area contributed by atoms with Gasteiger partial charge in [-0.3, -0.25) is 0 Å². The molecule has 0 saturated carbocycles. The Hall–Kier alpha value is -7.74. The van der Waals surface area contributed by atoms with E-state index < -0.39 is 0 Å². The molecule has 0 atom stereocenters. The summed E-state index contributed by atoms with van der Waals surface area (Å²) in [6, 6.07) is 86.2. The van der Waals surface area contributed by atoms with E-state index >= 15 is 0 Å². The maximum Gasteiger partial charge on any atom is 0.0462 e. The van der Waals surface area contributed by atoms with Crippen LogP contribution in [0.2, 0.25) is 0 Å². The molecule has 0 amide bonds. The van der Waals surface area contributed by atoms with Crippen LogP contribution in [0.4, 0.5) is 17.1 Å². The first-order chi connectivity index (χ1) is 29.3. The number of rotatable bonds is 7. The van der Waals surface area contributed by atoms with Crippen LogP contribution in [0.1, 0.15) is 0 Å². The molecule has 11 aromatic rings. The lowest BCUT2D eigenvalue weighted by molar-refractivity contribution is 1.28. The normalized spacial score (nSPS) is 11.4. The average molecular weight is 750 g/mol. The van der Waals surface area contributed by atoms with Crippen molar-refractivity contribution in [3.05, 3.63) is 237 Å². The second-order valence-electron chi connectivity index (χ2n) is 15.2. The maximum absolute atomic E-state index is 2.45. The van der Waals surface area contributed by atoms with Crippen molar-refractivity contribution in [2.75, 3.05) is 4.90 Å². The van der Waals surface area contributed by atoms with Gasteiger partial charge in [0.25, 0.3) is 0 Å². The predicted octanol–water partition coefficient (Wildman–Crippen LogP) is 16.4. The van der Waals surface area contributed by atoms with Crippen LogP contribution in [0.5, 0.6) is 0 Å². The molecule has 0 heterocycles. The molecule has 0 fully saturated rings. The number of hydrogen-bond acceptors (Lipinski definition) is 1. The van der Waals surface area contributed by atoms with Crippen LogP contribution in [-0.4, -0.2) is 0 Å². The molecule has 0 aliphatic carbocycles. The Morgan fingerprint density at radius 2 is 0.729 bits per heavy atom. The van der Waals surface area contributed by atoms with E-state index in [2.05, 4.69) is 241 Å². The van der Waals surface area contributed by atoms with E-state index in [1.54, 1.807) is 0 Å². The summed E-state index contributed by atoms with van der Waals surface area (Å²) in [6.07, 6.45) is 0. The van der Waals surface area contributed by atoms with Crippen molar-refractivity contribution in [3.63, 3.8) is 0 Å². The minimum atomic E-state index is 1.12. The topological polar surface area (TPSA) is 3.24 Å². The molecule has 0 N–H and O–H groups in total. The van der Waals surface area contributed by atoms with Gasteiger partial charge in [0.2, 0.25) is 0 Å². The van der Waals surface area contributed by atoms with Crippen molar-refractivity contribution < 1.29 is 0 Å². The van der Waals surface area contributed by atoms with Gasteiger partial charge in [0.1, 0.15) is 0 Å². The summed E-state index contributed by atoms with van der Waals surface area (Å²) in [5, 5.41) is 10.0. The lowest BCUT2D eigenvalue weighted by Crippen LogP contribution is -2.09. The van der Waals surface area contributed by atoms with Crippen molar-refractivity contribution in [2.45, 2.75) is 0 Å². The number of nitrogens with zero attached hydrogens (tertiary/aromatic N) is 1. The molecule has 11 aromatic carbocycles. The van der Waals surface area contributed by atoms with Gasteiger partial charge in [0.15, 0.2) is 0 Å². The summed E-state index contributed by atoms with van der Waals surface area (Å²) in [5.74, 6) is 0. The molecule has 276 valence electrons. The second kappa shape index (κ2) is 14.6. The molecule has 0 saturated heterocycles. The molecular weight excluding hydrogens is 711 g/mol. The summed E-state index contributed by atoms with van der Waals surface area (Å²) in [5.41, 5.74) is 13.1. The molecule has 0 radical (unpaired) electrons. The monoisotopic (exact) mass is 749 g/mol. The number of benzene rings is 11. The van der Waals surface area contributed by atoms with Gasteiger partial charge in [-0.15, -0.1) is 0 Å². The zero-order valence-corrected chi connectivity index (χ0v) is 32.5. The molecule has 0 aliphatic heterocycles. The van der Waals surface area contributed by atoms with E-state index in [1.165, 1.54) is 87.6 Å². The first-order valence-corrected chi connectivity index (χ1v) is 20.3. The van der Waals surface area contributed by atoms with E-state index in [0.717, 1.165) is 17.1 Å². The lowest BCUT2D eigenvalue weighted by Gasteiger charge is -2.25. The maximum atomic E-state index is 2.45. The highest BCUT2D eigenvalue weighted by Gasteiger charge is 2.22. The third-order valence-corrected chi connectivity index (χ3v) is 11.8. The highest BCUT2D eigenvalue weighted by Crippen LogP contribution is 2.50. The smallest absolute Gasteiger partial charge is 0.0462 e. The summed E-state index contributed by atoms with van der Waals surface area (Å²) in [7, 11) is 0. The summed E-state index contributed by atoms with van der Waals surface area (Å²) < 4.78 is 0. The highest BCUT2D eigenvalue weighted by molar-refractivity contribution is 6.33. The van der Waals surface area contributed by atoms with Gasteiger partial charge in [0.05, 0.1) is 0 Å². The van der Waals surface area contributed by atoms with Gasteiger partial charge in [-0.2, -0.15) is 0 Å². The second-order valence-corrected chi connectivity index (χ2v) is 15.2. The van der Waals surface area contributed by atoms with Gasteiger partial charge >= 0.3 is 0 Å². The van der Waals surface area contributed by atoms with Crippen molar-refractivity contribution in [1.29, 1.82) is 0 Å². The third-order valence-electron chi connectivity index (χ3n) is 11.8. The van der Waals surface area contributed by atoms with Gasteiger partial charge in [0, 0.05) is 17.1 Å². The van der Waals surface area contributed by atoms with Gasteiger partial charge < -0.3 is 4.90 Å². The van der Waals surface area contributed by atoms with Crippen LogP contribution in [-0.2, 0) is 0 Å². The lowest BCUT2D eigenvalue weighted by atomic mass is 9.81. The van der Waals surface area contributed by atoms with E-state index in [1.807, 2.05) is 0 Å². The van der Waals surface area contributed by atoms with E-state index in [4.69, 9.17) is 0 Å². The molecular formula is C58H39N. The molecule has 0 unspecified atom stereocenters. The Morgan fingerprint density at radius 1 is 0.237 bits per heavy atom. The van der Waals surface area contributed by atoms with Crippen LogP contribution in [0, 0.1) is 0 Å². The van der Waals surface area contributed by atoms with Crippen molar-refractivity contribution in [3.8, 4) is 44.5 Å². The Labute approximate surface area is 344 Å². The number of fused-ring (bicyclic) bond motifs is 7. The molecule has 0 aliphatic rings. The van der Waals surface area contributed by atoms with Gasteiger partial charge in [-0.05, 0) is 142 Å². The summed E-state index contributed by atoms with van der Waals surface area (Å²) in [4.78, 5) is 2.31. The van der Waals surface area contributed by atoms with Crippen LogP contribution in [0.3, 0.4) is 0 Å². The Bertz CT molecular complexity index is 3240. The molecule has 59 heavy (non-hydrogen) atoms. The number of hydrogen-bond donors (Lipinski definition) is 0. The van der Waals surface area contributed by atoms with Crippen molar-refractivity contribution in [2.24, 2.45) is 0 Å². The zero-order valence-electron chi connectivity index (χ0n) is 32.5. The fraction of sp³-hybridized carbons (Fsp3) is 0. The Morgan fingerprint density at radius 3 is 1.39 bits per heavy atom. The molecule has 0 spiro atoms. The molecule has 0 bridgehead atoms. The first kappa shape index (κ1) is 34.5. The zero-order chi connectivity index (χ0) is 39.1. The molecule has 1 heteroatoms. The first-order valence-electron chi connectivity index (χ1n) is 20.3. The minimum Gasteiger partial charge on any atom is -0.311 e. The third kappa shape index (κ3) is 6.12. The van der Waals surface area contributed by atoms with Crippen LogP contribution >= 0.6 is 0 Å². The fourth-order valence-corrected chi connectivity index (χ4v) is 9.07. The van der Waals surface area contributed by atoms with Crippen molar-refractivity contribution in [1.82, 2.24) is 0 Å². The standard InChI is InChI=1S/C58H39N/c1-5-18-42(19-6-1)53-39-54(43-20-7-2-8-21-43)57-52-36-33-45(41-31-34-49(35-32-41)59(47-23-9-3-10-24-47)48-25-11-4-12-26-48)38-55(52)50-27-15-16-28-51(50)58(57)56(53)46-30-29-40-17-13-14-22-44(40)37-46/h1-39H. The molecule has 0 aromatic heterocycles. The number of anilines is 3. The van der Waals surface area contributed by atoms with E-state index in [-0.39, 0.29) is 0 Å². The molecule has 1 nitrogen and oxygen atoms in total. The van der Waals surface area contributed by atoms with Crippen LogP contribution < -0.4 is 4.90 Å².